The number of hydrogen-bond donors (Lipinski definition) is 1. The number of hydrogen-bond acceptors (Lipinski definition) is 2. The number of nitrogens with zero attached hydrogens (tertiary/aromatic N) is 1. The van der Waals surface area contributed by atoms with Crippen molar-refractivity contribution in [2.45, 2.75) is 37.8 Å². The zero-order chi connectivity index (χ0) is 14.7. The lowest BCUT2D eigenvalue weighted by molar-refractivity contribution is 0.0684. The molecular weight excluding hydrogens is 387 g/mol. The summed E-state index contributed by atoms with van der Waals surface area (Å²) >= 11 is 8.20. The van der Waals surface area contributed by atoms with Gasteiger partial charge < -0.3 is 10.2 Å². The van der Waals surface area contributed by atoms with Gasteiger partial charge >= 0.3 is 0 Å². The van der Waals surface area contributed by atoms with E-state index in [0.717, 1.165) is 29.3 Å². The van der Waals surface area contributed by atoms with Crippen molar-refractivity contribution in [1.82, 2.24) is 10.2 Å². The van der Waals surface area contributed by atoms with Gasteiger partial charge in [0.15, 0.2) is 0 Å². The molecule has 1 saturated carbocycles. The van der Waals surface area contributed by atoms with Crippen molar-refractivity contribution in [3.05, 3.63) is 32.4 Å². The molecule has 20 heavy (non-hydrogen) atoms. The van der Waals surface area contributed by atoms with Crippen LogP contribution in [0.3, 0.4) is 0 Å². The van der Waals surface area contributed by atoms with E-state index in [2.05, 4.69) is 27.9 Å². The smallest absolute Gasteiger partial charge is 0.254 e. The summed E-state index contributed by atoms with van der Waals surface area (Å²) in [6.07, 6.45) is 4.38. The first-order valence-corrected chi connectivity index (χ1v) is 8.38. The van der Waals surface area contributed by atoms with Crippen LogP contribution in [0.2, 0.25) is 5.02 Å². The maximum atomic E-state index is 12.6. The van der Waals surface area contributed by atoms with E-state index in [1.807, 2.05) is 31.1 Å². The van der Waals surface area contributed by atoms with Gasteiger partial charge in [-0.1, -0.05) is 11.6 Å². The summed E-state index contributed by atoms with van der Waals surface area (Å²) in [6, 6.07) is 6.41. The Labute approximate surface area is 139 Å². The molecule has 1 amide bonds. The zero-order valence-electron chi connectivity index (χ0n) is 11.8. The number of amides is 1. The molecule has 0 heterocycles. The van der Waals surface area contributed by atoms with E-state index in [-0.39, 0.29) is 5.91 Å². The lowest BCUT2D eigenvalue weighted by Gasteiger charge is -2.34. The Morgan fingerprint density at radius 1 is 1.35 bits per heavy atom. The summed E-state index contributed by atoms with van der Waals surface area (Å²) in [7, 11) is 3.91. The molecule has 5 heteroatoms. The topological polar surface area (TPSA) is 32.3 Å². The van der Waals surface area contributed by atoms with Gasteiger partial charge in [0.05, 0.1) is 5.56 Å². The molecule has 0 unspecified atom stereocenters. The third-order valence-electron chi connectivity index (χ3n) is 4.13. The highest BCUT2D eigenvalue weighted by molar-refractivity contribution is 14.1. The van der Waals surface area contributed by atoms with Crippen LogP contribution in [-0.4, -0.2) is 37.0 Å². The monoisotopic (exact) mass is 406 g/mol. The van der Waals surface area contributed by atoms with Gasteiger partial charge in [-0.05, 0) is 73.5 Å². The first kappa shape index (κ1) is 16.0. The minimum atomic E-state index is 0.0739. The zero-order valence-corrected chi connectivity index (χ0v) is 14.7. The van der Waals surface area contributed by atoms with Crippen molar-refractivity contribution in [1.29, 1.82) is 0 Å². The Morgan fingerprint density at radius 2 is 2.00 bits per heavy atom. The Balaban J connectivity index is 2.07. The minimum absolute atomic E-state index is 0.0739. The molecule has 3 nitrogen and oxygen atoms in total. The quantitative estimate of drug-likeness (QED) is 0.779. The van der Waals surface area contributed by atoms with E-state index in [9.17, 15) is 4.79 Å². The summed E-state index contributed by atoms with van der Waals surface area (Å²) in [5.41, 5.74) is 0.705. The van der Waals surface area contributed by atoms with Crippen LogP contribution >= 0.6 is 34.2 Å². The number of halogens is 2. The maximum Gasteiger partial charge on any atom is 0.254 e. The Kier molecular flexibility index (Phi) is 5.69. The molecule has 1 fully saturated rings. The number of carbonyl (C=O) groups is 1. The van der Waals surface area contributed by atoms with Crippen molar-refractivity contribution < 1.29 is 4.79 Å². The molecule has 0 spiro atoms. The second-order valence-corrected chi connectivity index (χ2v) is 6.93. The van der Waals surface area contributed by atoms with E-state index < -0.39 is 0 Å². The van der Waals surface area contributed by atoms with Crippen LogP contribution in [0.4, 0.5) is 0 Å². The first-order valence-electron chi connectivity index (χ1n) is 6.92. The van der Waals surface area contributed by atoms with E-state index in [1.165, 1.54) is 0 Å². The van der Waals surface area contributed by atoms with E-state index in [1.54, 1.807) is 6.07 Å². The van der Waals surface area contributed by atoms with Crippen LogP contribution in [0.25, 0.3) is 0 Å². The fourth-order valence-corrected chi connectivity index (χ4v) is 3.51. The molecule has 0 bridgehead atoms. The average Bonchev–Trinajstić information content (AvgIpc) is 2.48. The fraction of sp³-hybridized carbons (Fsp3) is 0.533. The fourth-order valence-electron chi connectivity index (χ4n) is 2.77. The van der Waals surface area contributed by atoms with E-state index in [0.29, 0.717) is 22.7 Å². The molecule has 1 N–H and O–H groups in total. The highest BCUT2D eigenvalue weighted by Crippen LogP contribution is 2.25. The molecule has 0 aromatic heterocycles. The van der Waals surface area contributed by atoms with Gasteiger partial charge in [0.25, 0.3) is 5.91 Å². The van der Waals surface area contributed by atoms with Crippen molar-refractivity contribution in [2.24, 2.45) is 0 Å². The van der Waals surface area contributed by atoms with Crippen LogP contribution in [0.1, 0.15) is 36.0 Å². The average molecular weight is 407 g/mol. The summed E-state index contributed by atoms with van der Waals surface area (Å²) in [6.45, 7) is 0. The van der Waals surface area contributed by atoms with E-state index in [4.69, 9.17) is 11.6 Å². The van der Waals surface area contributed by atoms with Gasteiger partial charge in [0, 0.05) is 27.7 Å². The van der Waals surface area contributed by atoms with Gasteiger partial charge in [-0.2, -0.15) is 0 Å². The van der Waals surface area contributed by atoms with Crippen LogP contribution in [0.15, 0.2) is 18.2 Å². The van der Waals surface area contributed by atoms with E-state index >= 15 is 0 Å². The molecule has 0 atom stereocenters. The molecule has 0 aliphatic heterocycles. The normalized spacial score (nSPS) is 22.6. The predicted octanol–water partition coefficient (Wildman–Crippen LogP) is 3.55. The molecule has 110 valence electrons. The summed E-state index contributed by atoms with van der Waals surface area (Å²) in [5.74, 6) is 0.0739. The third-order valence-corrected chi connectivity index (χ3v) is 5.31. The molecular formula is C15H20ClIN2O. The molecule has 0 saturated heterocycles. The van der Waals surface area contributed by atoms with Crippen molar-refractivity contribution in [3.63, 3.8) is 0 Å². The van der Waals surface area contributed by atoms with Crippen LogP contribution in [0, 0.1) is 3.57 Å². The second-order valence-electron chi connectivity index (χ2n) is 5.33. The highest BCUT2D eigenvalue weighted by atomic mass is 127. The minimum Gasteiger partial charge on any atom is -0.339 e. The summed E-state index contributed by atoms with van der Waals surface area (Å²) < 4.78 is 0.952. The summed E-state index contributed by atoms with van der Waals surface area (Å²) in [5, 5.41) is 3.93. The summed E-state index contributed by atoms with van der Waals surface area (Å²) in [4.78, 5) is 14.5. The maximum absolute atomic E-state index is 12.6. The molecule has 0 radical (unpaired) electrons. The lowest BCUT2D eigenvalue weighted by Crippen LogP contribution is -2.42. The van der Waals surface area contributed by atoms with Crippen molar-refractivity contribution in [3.8, 4) is 0 Å². The number of rotatable bonds is 3. The Hall–Kier alpha value is -0.330. The Morgan fingerprint density at radius 3 is 2.60 bits per heavy atom. The van der Waals surface area contributed by atoms with Crippen molar-refractivity contribution >= 4 is 40.1 Å². The second kappa shape index (κ2) is 7.09. The predicted molar refractivity (Wildman–Crippen MR) is 91.4 cm³/mol. The largest absolute Gasteiger partial charge is 0.339 e. The van der Waals surface area contributed by atoms with Gasteiger partial charge in [0.2, 0.25) is 0 Å². The highest BCUT2D eigenvalue weighted by Gasteiger charge is 2.27. The standard InChI is InChI=1S/C15H20ClIN2O/c1-18-11-4-6-12(7-5-11)19(2)15(20)13-9-10(16)3-8-14(13)17/h3,8-9,11-12,18H,4-7H2,1-2H3. The number of carbonyl (C=O) groups excluding carboxylic acids is 1. The van der Waals surface area contributed by atoms with Crippen LogP contribution in [0.5, 0.6) is 0 Å². The van der Waals surface area contributed by atoms with Gasteiger partial charge in [0.1, 0.15) is 0 Å². The molecule has 1 aliphatic rings. The number of nitrogens with one attached hydrogen (secondary N) is 1. The first-order chi connectivity index (χ1) is 9.52. The third kappa shape index (κ3) is 3.65. The molecule has 1 aromatic rings. The van der Waals surface area contributed by atoms with Crippen LogP contribution < -0.4 is 5.32 Å². The SMILES string of the molecule is CNC1CCC(N(C)C(=O)c2cc(Cl)ccc2I)CC1. The van der Waals surface area contributed by atoms with Crippen LogP contribution in [-0.2, 0) is 0 Å². The van der Waals surface area contributed by atoms with Crippen molar-refractivity contribution in [2.75, 3.05) is 14.1 Å². The lowest BCUT2D eigenvalue weighted by atomic mass is 9.90. The molecule has 2 rings (SSSR count). The van der Waals surface area contributed by atoms with Gasteiger partial charge in [-0.25, -0.2) is 0 Å². The van der Waals surface area contributed by atoms with Gasteiger partial charge in [-0.3, -0.25) is 4.79 Å². The van der Waals surface area contributed by atoms with Gasteiger partial charge in [-0.15, -0.1) is 0 Å². The molecule has 1 aliphatic carbocycles. The number of benzene rings is 1. The molecule has 1 aromatic carbocycles. The Bertz CT molecular complexity index is 487.